The molecule has 0 heterocycles. The van der Waals surface area contributed by atoms with Crippen LogP contribution in [-0.4, -0.2) is 32.1 Å². The summed E-state index contributed by atoms with van der Waals surface area (Å²) in [5.41, 5.74) is 1.35. The first-order valence-electron chi connectivity index (χ1n) is 11.6. The zero-order valence-electron chi connectivity index (χ0n) is 19.6. The molecule has 0 aromatic heterocycles. The van der Waals surface area contributed by atoms with Crippen molar-refractivity contribution in [3.05, 3.63) is 121 Å². The molecule has 0 saturated carbocycles. The second-order valence-electron chi connectivity index (χ2n) is 8.60. The number of para-hydroxylation sites is 1. The summed E-state index contributed by atoms with van der Waals surface area (Å²) in [7, 11) is 2.20. The molecule has 0 saturated heterocycles. The maximum absolute atomic E-state index is 6.48. The summed E-state index contributed by atoms with van der Waals surface area (Å²) in [6.45, 7) is 1.73. The Hall–Kier alpha value is -2.93. The second-order valence-corrected chi connectivity index (χ2v) is 12.0. The van der Waals surface area contributed by atoms with Crippen LogP contribution in [0.4, 0.5) is 0 Å². The Morgan fingerprint density at radius 3 is 1.73 bits per heavy atom. The van der Waals surface area contributed by atoms with Gasteiger partial charge in [-0.05, 0) is 62.5 Å². The van der Waals surface area contributed by atoms with Crippen LogP contribution in [-0.2, 0) is 6.16 Å². The fraction of sp³-hybridized carbons (Fsp3) is 0.200. The average molecular weight is 455 g/mol. The molecule has 4 rings (SSSR count). The summed E-state index contributed by atoms with van der Waals surface area (Å²) in [6.07, 6.45) is 1.96. The number of hydrogen-bond acceptors (Lipinski definition) is 2. The lowest BCUT2D eigenvalue weighted by Crippen LogP contribution is -2.33. The van der Waals surface area contributed by atoms with Crippen molar-refractivity contribution in [3.8, 4) is 5.75 Å². The Bertz CT molecular complexity index is 1070. The lowest BCUT2D eigenvalue weighted by molar-refractivity contribution is 0.283. The van der Waals surface area contributed by atoms with E-state index >= 15 is 0 Å². The molecule has 4 aromatic rings. The van der Waals surface area contributed by atoms with Gasteiger partial charge in [0.25, 0.3) is 0 Å². The molecule has 0 unspecified atom stereocenters. The molecule has 0 bridgehead atoms. The van der Waals surface area contributed by atoms with Gasteiger partial charge in [-0.15, -0.1) is 0 Å². The standard InChI is InChI=1S/C30H33NOP/c1-31(2)23-14-24-32-29-21-12-13-22-30(29)33(27-17-8-4-9-18-27,28-19-10-5-11-20-28)25-26-15-6-3-7-16-26/h3-13,15-22H,14,23-25H2,1-2H3/q+1. The van der Waals surface area contributed by atoms with Crippen molar-refractivity contribution in [3.63, 3.8) is 0 Å². The molecule has 0 amide bonds. The number of nitrogens with zero attached hydrogens (tertiary/aromatic N) is 1. The van der Waals surface area contributed by atoms with Crippen LogP contribution in [0.25, 0.3) is 0 Å². The second kappa shape index (κ2) is 11.3. The SMILES string of the molecule is CN(C)CCCOc1ccccc1[P+](Cc1ccccc1)(c1ccccc1)c1ccccc1. The zero-order valence-corrected chi connectivity index (χ0v) is 20.5. The summed E-state index contributed by atoms with van der Waals surface area (Å²) < 4.78 is 6.48. The first kappa shape index (κ1) is 23.2. The van der Waals surface area contributed by atoms with Crippen LogP contribution in [0.1, 0.15) is 12.0 Å². The fourth-order valence-electron chi connectivity index (χ4n) is 4.37. The largest absolute Gasteiger partial charge is 0.489 e. The van der Waals surface area contributed by atoms with E-state index in [1.54, 1.807) is 0 Å². The molecule has 4 aromatic carbocycles. The normalized spacial score (nSPS) is 11.5. The van der Waals surface area contributed by atoms with Gasteiger partial charge in [-0.3, -0.25) is 0 Å². The van der Waals surface area contributed by atoms with Crippen molar-refractivity contribution in [1.82, 2.24) is 4.90 Å². The summed E-state index contributed by atoms with van der Waals surface area (Å²) in [5, 5.41) is 4.07. The third kappa shape index (κ3) is 5.53. The molecule has 33 heavy (non-hydrogen) atoms. The Morgan fingerprint density at radius 2 is 1.15 bits per heavy atom. The highest BCUT2D eigenvalue weighted by Crippen LogP contribution is 2.59. The smallest absolute Gasteiger partial charge is 0.162 e. The maximum atomic E-state index is 6.48. The summed E-state index contributed by atoms with van der Waals surface area (Å²) in [4.78, 5) is 2.20. The van der Waals surface area contributed by atoms with E-state index in [4.69, 9.17) is 4.74 Å². The van der Waals surface area contributed by atoms with Crippen LogP contribution in [0, 0.1) is 0 Å². The minimum Gasteiger partial charge on any atom is -0.489 e. The third-order valence-corrected chi connectivity index (χ3v) is 10.3. The first-order chi connectivity index (χ1) is 16.2. The average Bonchev–Trinajstić information content (AvgIpc) is 2.87. The van der Waals surface area contributed by atoms with E-state index in [1.165, 1.54) is 21.5 Å². The zero-order chi connectivity index (χ0) is 22.9. The Labute approximate surface area is 199 Å². The van der Waals surface area contributed by atoms with E-state index in [9.17, 15) is 0 Å². The quantitative estimate of drug-likeness (QED) is 0.231. The summed E-state index contributed by atoms with van der Waals surface area (Å²) >= 11 is 0. The number of hydrogen-bond donors (Lipinski definition) is 0. The van der Waals surface area contributed by atoms with Gasteiger partial charge in [-0.1, -0.05) is 78.9 Å². The van der Waals surface area contributed by atoms with Crippen molar-refractivity contribution >= 4 is 23.2 Å². The van der Waals surface area contributed by atoms with E-state index in [0.717, 1.165) is 24.9 Å². The van der Waals surface area contributed by atoms with Gasteiger partial charge in [0.1, 0.15) is 23.2 Å². The summed E-state index contributed by atoms with van der Waals surface area (Å²) in [6, 6.07) is 41.6. The molecule has 168 valence electrons. The molecule has 0 atom stereocenters. The van der Waals surface area contributed by atoms with Gasteiger partial charge in [-0.2, -0.15) is 0 Å². The van der Waals surface area contributed by atoms with Gasteiger partial charge in [0, 0.05) is 6.54 Å². The molecule has 0 radical (unpaired) electrons. The molecule has 2 nitrogen and oxygen atoms in total. The highest BCUT2D eigenvalue weighted by molar-refractivity contribution is 7.95. The Morgan fingerprint density at radius 1 is 0.636 bits per heavy atom. The minimum absolute atomic E-state index is 0.712. The van der Waals surface area contributed by atoms with Crippen molar-refractivity contribution in [2.45, 2.75) is 12.6 Å². The minimum atomic E-state index is -2.02. The predicted molar refractivity (Wildman–Crippen MR) is 144 cm³/mol. The van der Waals surface area contributed by atoms with Crippen molar-refractivity contribution in [2.24, 2.45) is 0 Å². The molecule has 0 aliphatic carbocycles. The lowest BCUT2D eigenvalue weighted by atomic mass is 10.2. The van der Waals surface area contributed by atoms with Crippen LogP contribution in [0.15, 0.2) is 115 Å². The van der Waals surface area contributed by atoms with E-state index in [1.807, 2.05) is 0 Å². The lowest BCUT2D eigenvalue weighted by Gasteiger charge is -2.29. The molecular formula is C30H33NOP+. The van der Waals surface area contributed by atoms with Gasteiger partial charge < -0.3 is 9.64 Å². The molecular weight excluding hydrogens is 421 g/mol. The molecule has 0 aliphatic heterocycles. The van der Waals surface area contributed by atoms with E-state index in [0.29, 0.717) is 6.61 Å². The van der Waals surface area contributed by atoms with Gasteiger partial charge in [-0.25, -0.2) is 0 Å². The number of rotatable bonds is 10. The van der Waals surface area contributed by atoms with Crippen molar-refractivity contribution in [1.29, 1.82) is 0 Å². The Kier molecular flexibility index (Phi) is 7.94. The van der Waals surface area contributed by atoms with Crippen LogP contribution in [0.2, 0.25) is 0 Å². The monoisotopic (exact) mass is 454 g/mol. The van der Waals surface area contributed by atoms with Crippen LogP contribution in [0.5, 0.6) is 5.75 Å². The highest BCUT2D eigenvalue weighted by atomic mass is 31.2. The van der Waals surface area contributed by atoms with E-state index in [2.05, 4.69) is 134 Å². The van der Waals surface area contributed by atoms with Crippen molar-refractivity contribution in [2.75, 3.05) is 27.2 Å². The maximum Gasteiger partial charge on any atom is 0.162 e. The highest BCUT2D eigenvalue weighted by Gasteiger charge is 2.47. The molecule has 0 N–H and O–H groups in total. The molecule has 0 spiro atoms. The van der Waals surface area contributed by atoms with Crippen LogP contribution in [0.3, 0.4) is 0 Å². The number of ether oxygens (including phenoxy) is 1. The van der Waals surface area contributed by atoms with Crippen LogP contribution >= 0.6 is 7.26 Å². The Balaban J connectivity index is 1.88. The molecule has 0 fully saturated rings. The summed E-state index contributed by atoms with van der Waals surface area (Å²) in [5.74, 6) is 1.01. The van der Waals surface area contributed by atoms with Gasteiger partial charge in [0.05, 0.1) is 12.8 Å². The van der Waals surface area contributed by atoms with Crippen LogP contribution < -0.4 is 20.7 Å². The van der Waals surface area contributed by atoms with Gasteiger partial charge >= 0.3 is 0 Å². The third-order valence-electron chi connectivity index (χ3n) is 5.94. The van der Waals surface area contributed by atoms with E-state index < -0.39 is 7.26 Å². The molecule has 3 heteroatoms. The predicted octanol–water partition coefficient (Wildman–Crippen LogP) is 5.51. The molecule has 0 aliphatic rings. The number of benzene rings is 4. The van der Waals surface area contributed by atoms with Crippen molar-refractivity contribution < 1.29 is 4.74 Å². The van der Waals surface area contributed by atoms with E-state index in [-0.39, 0.29) is 0 Å². The first-order valence-corrected chi connectivity index (χ1v) is 13.6. The topological polar surface area (TPSA) is 12.5 Å². The van der Waals surface area contributed by atoms with Gasteiger partial charge in [0.15, 0.2) is 5.75 Å². The fourth-order valence-corrected chi connectivity index (χ4v) is 8.74. The van der Waals surface area contributed by atoms with Gasteiger partial charge in [0.2, 0.25) is 0 Å².